The molecule has 1 amide bonds. The van der Waals surface area contributed by atoms with Gasteiger partial charge in [0.25, 0.3) is 5.91 Å². The lowest BCUT2D eigenvalue weighted by atomic mass is 9.99. The Bertz CT molecular complexity index is 851. The number of hydrogen-bond acceptors (Lipinski definition) is 5. The Balaban J connectivity index is 2.93. The number of carbonyl (C=O) groups is 1. The molecular weight excluding hydrogens is 280 g/mol. The van der Waals surface area contributed by atoms with E-state index in [1.807, 2.05) is 6.07 Å². The number of fused-ring (bicyclic) bond motifs is 1. The smallest absolute Gasteiger partial charge is 0.306 e. The van der Waals surface area contributed by atoms with E-state index < -0.39 is 16.0 Å². The Morgan fingerprint density at radius 3 is 2.55 bits per heavy atom. The fourth-order valence-corrected chi connectivity index (χ4v) is 2.37. The minimum Gasteiger partial charge on any atom is -0.380 e. The average molecular weight is 290 g/mol. The first-order valence-corrected chi connectivity index (χ1v) is 7.30. The van der Waals surface area contributed by atoms with E-state index in [0.29, 0.717) is 10.8 Å². The van der Waals surface area contributed by atoms with E-state index in [2.05, 4.69) is 0 Å². The number of nitriles is 1. The van der Waals surface area contributed by atoms with Gasteiger partial charge in [0.1, 0.15) is 6.07 Å². The van der Waals surface area contributed by atoms with Gasteiger partial charge in [0.05, 0.1) is 17.4 Å². The minimum atomic E-state index is -3.89. The highest BCUT2D eigenvalue weighted by Crippen LogP contribution is 2.32. The van der Waals surface area contributed by atoms with E-state index in [1.54, 1.807) is 24.3 Å². The van der Waals surface area contributed by atoms with E-state index in [-0.39, 0.29) is 16.9 Å². The van der Waals surface area contributed by atoms with Crippen molar-refractivity contribution in [2.45, 2.75) is 0 Å². The maximum absolute atomic E-state index is 11.6. The van der Waals surface area contributed by atoms with Gasteiger partial charge in [0.15, 0.2) is 5.75 Å². The first-order valence-electron chi connectivity index (χ1n) is 5.48. The predicted molar refractivity (Wildman–Crippen MR) is 72.7 cm³/mol. The molecule has 2 aromatic rings. The Morgan fingerprint density at radius 1 is 1.35 bits per heavy atom. The van der Waals surface area contributed by atoms with Gasteiger partial charge < -0.3 is 9.92 Å². The molecule has 0 spiro atoms. The predicted octanol–water partition coefficient (Wildman–Crippen LogP) is 1.15. The van der Waals surface area contributed by atoms with Crippen molar-refractivity contribution >= 4 is 26.8 Å². The second kappa shape index (κ2) is 4.83. The molecule has 0 atom stereocenters. The highest BCUT2D eigenvalue weighted by molar-refractivity contribution is 7.86. The van der Waals surface area contributed by atoms with Crippen LogP contribution in [0.25, 0.3) is 10.8 Å². The van der Waals surface area contributed by atoms with Crippen molar-refractivity contribution in [3.05, 3.63) is 41.5 Å². The van der Waals surface area contributed by atoms with E-state index in [9.17, 15) is 13.2 Å². The SMILES string of the molecule is CS(=O)(=O)Oc1c(C#N)cc2ccccc2c1C(N)=O. The zero-order valence-electron chi connectivity index (χ0n) is 10.5. The van der Waals surface area contributed by atoms with Crippen LogP contribution in [0.3, 0.4) is 0 Å². The normalized spacial score (nSPS) is 11.0. The molecule has 20 heavy (non-hydrogen) atoms. The molecule has 2 rings (SSSR count). The number of benzene rings is 2. The van der Waals surface area contributed by atoms with Crippen molar-refractivity contribution in [2.24, 2.45) is 5.73 Å². The molecule has 0 unspecified atom stereocenters. The molecule has 0 heterocycles. The van der Waals surface area contributed by atoms with Crippen LogP contribution in [0.2, 0.25) is 0 Å². The number of hydrogen-bond donors (Lipinski definition) is 1. The molecule has 0 saturated heterocycles. The summed E-state index contributed by atoms with van der Waals surface area (Å²) in [7, 11) is -3.89. The summed E-state index contributed by atoms with van der Waals surface area (Å²) in [4.78, 5) is 11.6. The van der Waals surface area contributed by atoms with E-state index in [4.69, 9.17) is 15.2 Å². The topological polar surface area (TPSA) is 110 Å². The third kappa shape index (κ3) is 2.55. The standard InChI is InChI=1S/C13H10N2O4S/c1-20(17,18)19-12-9(7-14)6-8-4-2-3-5-10(8)11(12)13(15)16/h2-6H,1H3,(H2,15,16). The lowest BCUT2D eigenvalue weighted by Crippen LogP contribution is -2.17. The van der Waals surface area contributed by atoms with Crippen molar-refractivity contribution in [1.82, 2.24) is 0 Å². The lowest BCUT2D eigenvalue weighted by Gasteiger charge is -2.12. The van der Waals surface area contributed by atoms with Crippen molar-refractivity contribution in [2.75, 3.05) is 6.26 Å². The number of rotatable bonds is 3. The van der Waals surface area contributed by atoms with Gasteiger partial charge in [0.2, 0.25) is 0 Å². The monoisotopic (exact) mass is 290 g/mol. The third-order valence-electron chi connectivity index (χ3n) is 2.60. The molecule has 0 aromatic heterocycles. The number of nitrogens with zero attached hydrogens (tertiary/aromatic N) is 1. The second-order valence-electron chi connectivity index (χ2n) is 4.11. The van der Waals surface area contributed by atoms with Gasteiger partial charge in [-0.3, -0.25) is 4.79 Å². The van der Waals surface area contributed by atoms with Crippen LogP contribution in [0.5, 0.6) is 5.75 Å². The summed E-state index contributed by atoms with van der Waals surface area (Å²) in [5.41, 5.74) is 5.11. The first kappa shape index (κ1) is 13.8. The molecule has 0 aliphatic rings. The van der Waals surface area contributed by atoms with E-state index in [0.717, 1.165) is 6.26 Å². The summed E-state index contributed by atoms with van der Waals surface area (Å²) in [5.74, 6) is -1.20. The Kier molecular flexibility index (Phi) is 3.34. The quantitative estimate of drug-likeness (QED) is 0.852. The van der Waals surface area contributed by atoms with Crippen LogP contribution in [0.15, 0.2) is 30.3 Å². The van der Waals surface area contributed by atoms with Crippen LogP contribution in [0.1, 0.15) is 15.9 Å². The molecule has 102 valence electrons. The summed E-state index contributed by atoms with van der Waals surface area (Å²) < 4.78 is 27.4. The number of carbonyl (C=O) groups excluding carboxylic acids is 1. The molecule has 0 aliphatic carbocycles. The summed E-state index contributed by atoms with van der Waals surface area (Å²) in [6.45, 7) is 0. The Labute approximate surface area is 115 Å². The summed E-state index contributed by atoms with van der Waals surface area (Å²) >= 11 is 0. The van der Waals surface area contributed by atoms with Crippen LogP contribution in [0, 0.1) is 11.3 Å². The van der Waals surface area contributed by atoms with Gasteiger partial charge in [-0.05, 0) is 16.8 Å². The fourth-order valence-electron chi connectivity index (χ4n) is 1.89. The van der Waals surface area contributed by atoms with E-state index in [1.165, 1.54) is 6.07 Å². The highest BCUT2D eigenvalue weighted by atomic mass is 32.2. The van der Waals surface area contributed by atoms with Crippen molar-refractivity contribution in [3.63, 3.8) is 0 Å². The third-order valence-corrected chi connectivity index (χ3v) is 3.07. The largest absolute Gasteiger partial charge is 0.380 e. The number of primary amides is 1. The number of nitrogens with two attached hydrogens (primary N) is 1. The summed E-state index contributed by atoms with van der Waals surface area (Å²) in [5, 5.41) is 10.1. The molecule has 2 N–H and O–H groups in total. The van der Waals surface area contributed by atoms with Gasteiger partial charge >= 0.3 is 10.1 Å². The first-order chi connectivity index (χ1) is 9.33. The summed E-state index contributed by atoms with van der Waals surface area (Å²) in [6, 6.07) is 9.94. The van der Waals surface area contributed by atoms with Gasteiger partial charge in [-0.1, -0.05) is 24.3 Å². The zero-order valence-corrected chi connectivity index (χ0v) is 11.3. The average Bonchev–Trinajstić information content (AvgIpc) is 2.35. The zero-order chi connectivity index (χ0) is 14.9. The second-order valence-corrected chi connectivity index (χ2v) is 5.69. The van der Waals surface area contributed by atoms with Crippen molar-refractivity contribution in [3.8, 4) is 11.8 Å². The van der Waals surface area contributed by atoms with Gasteiger partial charge in [-0.25, -0.2) is 0 Å². The fraction of sp³-hybridized carbons (Fsp3) is 0.0769. The Hall–Kier alpha value is -2.59. The molecule has 2 aromatic carbocycles. The molecular formula is C13H10N2O4S. The van der Waals surface area contributed by atoms with Crippen molar-refractivity contribution < 1.29 is 17.4 Å². The molecule has 0 bridgehead atoms. The summed E-state index contributed by atoms with van der Waals surface area (Å²) in [6.07, 6.45) is 0.827. The molecule has 7 heteroatoms. The van der Waals surface area contributed by atoms with Gasteiger partial charge in [-0.2, -0.15) is 13.7 Å². The molecule has 0 saturated carbocycles. The molecule has 0 fully saturated rings. The van der Waals surface area contributed by atoms with Crippen LogP contribution >= 0.6 is 0 Å². The van der Waals surface area contributed by atoms with E-state index >= 15 is 0 Å². The highest BCUT2D eigenvalue weighted by Gasteiger charge is 2.21. The van der Waals surface area contributed by atoms with Crippen LogP contribution in [-0.2, 0) is 10.1 Å². The van der Waals surface area contributed by atoms with Crippen LogP contribution < -0.4 is 9.92 Å². The van der Waals surface area contributed by atoms with Crippen LogP contribution in [-0.4, -0.2) is 20.6 Å². The maximum Gasteiger partial charge on any atom is 0.306 e. The molecule has 0 radical (unpaired) electrons. The Morgan fingerprint density at radius 2 is 2.00 bits per heavy atom. The molecule has 6 nitrogen and oxygen atoms in total. The number of amides is 1. The molecule has 0 aliphatic heterocycles. The van der Waals surface area contributed by atoms with Gasteiger partial charge in [0, 0.05) is 0 Å². The van der Waals surface area contributed by atoms with Gasteiger partial charge in [-0.15, -0.1) is 0 Å². The van der Waals surface area contributed by atoms with Crippen LogP contribution in [0.4, 0.5) is 0 Å². The van der Waals surface area contributed by atoms with Crippen molar-refractivity contribution in [1.29, 1.82) is 5.26 Å². The minimum absolute atomic E-state index is 0.0667. The lowest BCUT2D eigenvalue weighted by molar-refractivity contribution is 0.100. The maximum atomic E-state index is 11.6.